The maximum absolute atomic E-state index is 14.9. The van der Waals surface area contributed by atoms with E-state index in [1.54, 1.807) is 71.9 Å². The summed E-state index contributed by atoms with van der Waals surface area (Å²) in [4.78, 5) is 206. The van der Waals surface area contributed by atoms with Gasteiger partial charge in [-0.2, -0.15) is 0 Å². The molecule has 0 bridgehead atoms. The van der Waals surface area contributed by atoms with Crippen LogP contribution in [0.1, 0.15) is 150 Å². The number of carbonyl (C=O) groups is 14. The number of nitrogens with two attached hydrogens (primary N) is 3. The maximum atomic E-state index is 14.9. The Morgan fingerprint density at radius 2 is 1.26 bits per heavy atom. The monoisotopic (exact) mass is 1480 g/mol. The van der Waals surface area contributed by atoms with E-state index >= 15 is 0 Å². The second-order valence-electron chi connectivity index (χ2n) is 25.9. The Hall–Kier alpha value is -8.43. The van der Waals surface area contributed by atoms with E-state index in [0.717, 1.165) is 6.42 Å². The van der Waals surface area contributed by atoms with Crippen LogP contribution in [0.25, 0.3) is 0 Å². The molecule has 33 nitrogen and oxygen atoms in total. The van der Waals surface area contributed by atoms with Gasteiger partial charge in [0, 0.05) is 55.4 Å². The number of rotatable bonds is 31. The molecule has 554 valence electrons. The summed E-state index contributed by atoms with van der Waals surface area (Å²) in [7, 11) is 0. The average Bonchev–Trinajstić information content (AvgIpc) is 1.83. The molecule has 15 atom stereocenters. The van der Waals surface area contributed by atoms with Crippen molar-refractivity contribution < 1.29 is 96.8 Å². The van der Waals surface area contributed by atoms with Gasteiger partial charge in [0.25, 0.3) is 0 Å². The summed E-state index contributed by atoms with van der Waals surface area (Å²) in [6.45, 7) is 14.0. The van der Waals surface area contributed by atoms with Gasteiger partial charge in [-0.1, -0.05) is 105 Å². The summed E-state index contributed by atoms with van der Waals surface area (Å²) in [6.07, 6.45) is -0.0833. The molecule has 0 radical (unpaired) electrons. The molecule has 35 heteroatoms. The molecule has 0 spiro atoms. The molecule has 1 saturated heterocycles. The van der Waals surface area contributed by atoms with E-state index in [-0.39, 0.29) is 120 Å². The van der Waals surface area contributed by atoms with Crippen molar-refractivity contribution in [2.24, 2.45) is 45.9 Å². The number of benzene rings is 1. The largest absolute Gasteiger partial charge is 2.00 e. The normalized spacial score (nSPS) is 22.9. The van der Waals surface area contributed by atoms with Crippen molar-refractivity contribution in [2.45, 2.75) is 224 Å². The fourth-order valence-electron chi connectivity index (χ4n) is 10.8. The number of carboxylic acid groups (broad SMARTS) is 2. The molecule has 0 aliphatic carbocycles. The van der Waals surface area contributed by atoms with Crippen molar-refractivity contribution in [3.8, 4) is 0 Å². The molecule has 101 heavy (non-hydrogen) atoms. The van der Waals surface area contributed by atoms with E-state index in [2.05, 4.69) is 73.4 Å². The number of carboxylic acids is 2. The smallest absolute Gasteiger partial charge is 0.550 e. The first kappa shape index (κ1) is 86.8. The molecule has 4 rings (SSSR count). The van der Waals surface area contributed by atoms with Crippen molar-refractivity contribution >= 4 is 99.6 Å². The summed E-state index contributed by atoms with van der Waals surface area (Å²) < 4.78 is 0. The number of thioether (sulfide) groups is 1. The fraction of sp³-hybridized carbons (Fsp3) is 0.636. The third kappa shape index (κ3) is 29.2. The van der Waals surface area contributed by atoms with Crippen molar-refractivity contribution in [3.05, 3.63) is 54.1 Å². The van der Waals surface area contributed by atoms with Crippen molar-refractivity contribution in [3.63, 3.8) is 0 Å². The topological polar surface area (TPSA) is 537 Å². The third-order valence-corrected chi connectivity index (χ3v) is 18.6. The minimum Gasteiger partial charge on any atom is -0.550 e. The fourth-order valence-corrected chi connectivity index (χ4v) is 12.0. The van der Waals surface area contributed by atoms with Gasteiger partial charge in [0.1, 0.15) is 66.5 Å². The molecule has 3 heterocycles. The first-order valence-electron chi connectivity index (χ1n) is 34.1. The Bertz CT molecular complexity index is 3170. The van der Waals surface area contributed by atoms with E-state index in [1.165, 1.54) is 24.3 Å². The van der Waals surface area contributed by atoms with Gasteiger partial charge in [0.2, 0.25) is 70.9 Å². The summed E-state index contributed by atoms with van der Waals surface area (Å²) in [5.74, 6) is -16.2. The Morgan fingerprint density at radius 1 is 0.663 bits per heavy atom. The summed E-state index contributed by atoms with van der Waals surface area (Å²) in [6, 6.07) is -8.63. The van der Waals surface area contributed by atoms with E-state index in [9.17, 15) is 77.3 Å². The second kappa shape index (κ2) is 44.1. The van der Waals surface area contributed by atoms with Gasteiger partial charge in [-0.25, -0.2) is 4.98 Å². The van der Waals surface area contributed by atoms with Crippen LogP contribution in [0.2, 0.25) is 0 Å². The van der Waals surface area contributed by atoms with Crippen LogP contribution in [-0.2, 0) is 99.4 Å². The number of amides is 12. The zero-order chi connectivity index (χ0) is 74.3. The number of nitrogens with one attached hydrogen (secondary N) is 12. The Balaban J connectivity index is 0.0000265. The van der Waals surface area contributed by atoms with Crippen LogP contribution in [0, 0.1) is 23.7 Å². The summed E-state index contributed by atoms with van der Waals surface area (Å²) >= 11 is 1.34. The number of H-pyrrole nitrogens is 1. The molecule has 3 unspecified atom stereocenters. The molecule has 2 aliphatic rings. The molecule has 0 saturated carbocycles. The zero-order valence-electron chi connectivity index (χ0n) is 58.8. The predicted molar refractivity (Wildman–Crippen MR) is 364 cm³/mol. The number of aromatic amines is 1. The Kier molecular flexibility index (Phi) is 37.9. The molecule has 2 aromatic rings. The van der Waals surface area contributed by atoms with Crippen molar-refractivity contribution in [1.82, 2.24) is 68.5 Å². The van der Waals surface area contributed by atoms with Crippen LogP contribution >= 0.6 is 11.8 Å². The van der Waals surface area contributed by atoms with Crippen molar-refractivity contribution in [2.75, 3.05) is 18.8 Å². The minimum absolute atomic E-state index is 0. The SMILES string of the molecule is CCC(C)C(N)C1=NC(C(=O)N[C@@H](CC(C)C)C(=O)N[C@H](CCC(=O)[O-])C(=O)N[C@H](C(=O)N[C@H]2CCCCNC(=O)[C@H](CC(N)=O)NC(=O)[C@@H](CC(=O)[O-])NC(=O)[C@@H](Cc3cnc[nH]3)NC(=O)[C@@H](Cc3ccccc3)NC(=O)[C@@H]([C@H](C)CC)NC(=O)[C@@H](CCCN)NC2=O)[C@@H](C)CC)CS1.[Zn+2]. The number of hydrogen-bond acceptors (Lipinski definition) is 21. The molecule has 1 aromatic heterocycles. The van der Waals surface area contributed by atoms with Gasteiger partial charge in [-0.3, -0.25) is 62.5 Å². The van der Waals surface area contributed by atoms with Gasteiger partial charge >= 0.3 is 19.5 Å². The van der Waals surface area contributed by atoms with Gasteiger partial charge in [0.05, 0.1) is 23.8 Å². The van der Waals surface area contributed by atoms with Gasteiger partial charge in [0.15, 0.2) is 0 Å². The van der Waals surface area contributed by atoms with Crippen LogP contribution in [0.5, 0.6) is 0 Å². The standard InChI is InChI=1S/C66H103N17O16S.Zn/c1-9-35(6)52(69)66-81-48(32-100-66)63(97)76-43(26-34(4)5)59(93)74-42(22-23-50(85)86)58(92)83-53(36(7)10-2)64(98)75-40-20-15-16-25-71-55(89)46(29-49(68)84)78-62(96)47(30-51(87)88)79-61(95)45(28-39-31-70-33-72-39)77-60(94)44(27-38-18-13-12-14-19-38)80-65(99)54(37(8)11-3)82-57(91)41(21-17-24-67)73-56(40)90;/h12-14,18-19,31,33-37,40-48,52-54H,9-11,15-17,20-30,32,67,69H2,1-8H3,(H2,68,84)(H,70,72)(H,71,89)(H,73,90)(H,74,93)(H,75,98)(H,76,97)(H,77,94)(H,78,96)(H,79,95)(H,80,99)(H,82,91)(H,83,92)(H,85,86)(H,87,88);/q;+2/p-2/t35?,36-,37+,40-,41+,42+,43-,44+,45+,46-,47+,48?,52?,53-,54+;/m0./s1. The van der Waals surface area contributed by atoms with E-state index in [0.29, 0.717) is 10.6 Å². The predicted octanol–water partition coefficient (Wildman–Crippen LogP) is -4.35. The number of imidazole rings is 1. The van der Waals surface area contributed by atoms with Crippen LogP contribution < -0.4 is 85.9 Å². The minimum atomic E-state index is -2.01. The number of aromatic nitrogens is 2. The van der Waals surface area contributed by atoms with Gasteiger partial charge in [-0.15, -0.1) is 11.8 Å². The molecule has 12 amide bonds. The number of primary amides is 1. The van der Waals surface area contributed by atoms with E-state index in [4.69, 9.17) is 17.2 Å². The molecular formula is C66H101N17O16SZn. The van der Waals surface area contributed by atoms with Crippen LogP contribution in [0.4, 0.5) is 0 Å². The van der Waals surface area contributed by atoms with E-state index < -0.39 is 193 Å². The molecule has 2 aliphatic heterocycles. The molecule has 1 aromatic carbocycles. The maximum Gasteiger partial charge on any atom is 2.00 e. The number of hydrogen-bond donors (Lipinski definition) is 15. The quantitative estimate of drug-likeness (QED) is 0.0317. The summed E-state index contributed by atoms with van der Waals surface area (Å²) in [5.41, 5.74) is 18.7. The van der Waals surface area contributed by atoms with E-state index in [1.807, 2.05) is 13.8 Å². The first-order valence-corrected chi connectivity index (χ1v) is 35.0. The zero-order valence-corrected chi connectivity index (χ0v) is 62.6. The van der Waals surface area contributed by atoms with Crippen LogP contribution in [0.3, 0.4) is 0 Å². The average molecular weight is 1490 g/mol. The number of nitrogens with zero attached hydrogens (tertiary/aromatic N) is 2. The first-order chi connectivity index (χ1) is 47.4. The van der Waals surface area contributed by atoms with Gasteiger partial charge in [-0.05, 0) is 87.1 Å². The number of carbonyl (C=O) groups excluding carboxylic acids is 14. The van der Waals surface area contributed by atoms with Crippen LogP contribution in [-0.4, -0.2) is 189 Å². The molecular weight excluding hydrogens is 1380 g/mol. The Morgan fingerprint density at radius 3 is 1.84 bits per heavy atom. The van der Waals surface area contributed by atoms with Crippen molar-refractivity contribution in [1.29, 1.82) is 0 Å². The Labute approximate surface area is 605 Å². The molecule has 1 fully saturated rings. The number of aliphatic imine (C=N–C) groups is 1. The second-order valence-corrected chi connectivity index (χ2v) is 27.0. The summed E-state index contributed by atoms with van der Waals surface area (Å²) in [5, 5.41) is 53.2. The third-order valence-electron chi connectivity index (χ3n) is 17.5. The number of aliphatic carboxylic acids is 2. The van der Waals surface area contributed by atoms with Gasteiger partial charge < -0.3 is 100 Å². The molecule has 18 N–H and O–H groups in total. The van der Waals surface area contributed by atoms with Crippen LogP contribution in [0.15, 0.2) is 47.8 Å².